The van der Waals surface area contributed by atoms with Crippen molar-refractivity contribution < 1.29 is 9.59 Å². The van der Waals surface area contributed by atoms with E-state index in [1.165, 1.54) is 0 Å². The highest BCUT2D eigenvalue weighted by Gasteiger charge is 2.32. The summed E-state index contributed by atoms with van der Waals surface area (Å²) < 4.78 is 0. The van der Waals surface area contributed by atoms with Crippen LogP contribution in [0.4, 0.5) is 0 Å². The molecule has 0 saturated carbocycles. The summed E-state index contributed by atoms with van der Waals surface area (Å²) in [6.45, 7) is 6.47. The molecule has 0 saturated heterocycles. The third kappa shape index (κ3) is 7.92. The number of amides is 2. The third-order valence-electron chi connectivity index (χ3n) is 7.53. The van der Waals surface area contributed by atoms with Crippen molar-refractivity contribution in [3.63, 3.8) is 0 Å². The number of aryl methyl sites for hydroxylation is 1. The minimum absolute atomic E-state index is 0.0171. The van der Waals surface area contributed by atoms with E-state index >= 15 is 0 Å². The van der Waals surface area contributed by atoms with Crippen molar-refractivity contribution in [1.82, 2.24) is 10.2 Å². The molecule has 2 amide bonds. The molecule has 4 aromatic carbocycles. The van der Waals surface area contributed by atoms with Gasteiger partial charge in [-0.1, -0.05) is 128 Å². The largest absolute Gasteiger partial charge is 0.352 e. The lowest BCUT2D eigenvalue weighted by Crippen LogP contribution is -2.52. The predicted octanol–water partition coefficient (Wildman–Crippen LogP) is 7.07. The van der Waals surface area contributed by atoms with Crippen LogP contribution < -0.4 is 5.32 Å². The van der Waals surface area contributed by atoms with Crippen LogP contribution in [-0.2, 0) is 22.6 Å². The Bertz CT molecular complexity index is 1300. The molecule has 0 aliphatic heterocycles. The molecule has 4 aromatic rings. The lowest BCUT2D eigenvalue weighted by Gasteiger charge is -2.33. The van der Waals surface area contributed by atoms with E-state index < -0.39 is 6.04 Å². The van der Waals surface area contributed by atoms with Gasteiger partial charge in [0, 0.05) is 31.3 Å². The van der Waals surface area contributed by atoms with Crippen LogP contribution in [-0.4, -0.2) is 28.8 Å². The molecule has 4 heteroatoms. The molecule has 40 heavy (non-hydrogen) atoms. The Morgan fingerprint density at radius 1 is 0.725 bits per heavy atom. The minimum Gasteiger partial charge on any atom is -0.352 e. The summed E-state index contributed by atoms with van der Waals surface area (Å²) in [6, 6.07) is 37.9. The highest BCUT2D eigenvalue weighted by molar-refractivity contribution is 5.88. The number of carbonyl (C=O) groups excluding carboxylic acids is 2. The number of rotatable bonds is 12. The summed E-state index contributed by atoms with van der Waals surface area (Å²) in [6.07, 6.45) is 1.53. The molecule has 206 valence electrons. The van der Waals surface area contributed by atoms with Crippen LogP contribution in [0.25, 0.3) is 0 Å². The molecule has 0 radical (unpaired) electrons. The summed E-state index contributed by atoms with van der Waals surface area (Å²) in [4.78, 5) is 30.0. The first-order valence-corrected chi connectivity index (χ1v) is 14.2. The zero-order valence-electron chi connectivity index (χ0n) is 23.8. The van der Waals surface area contributed by atoms with Crippen LogP contribution in [0.5, 0.6) is 0 Å². The Morgan fingerprint density at radius 2 is 1.25 bits per heavy atom. The Labute approximate surface area is 239 Å². The maximum atomic E-state index is 14.4. The average Bonchev–Trinajstić information content (AvgIpc) is 2.99. The van der Waals surface area contributed by atoms with Gasteiger partial charge in [-0.25, -0.2) is 0 Å². The van der Waals surface area contributed by atoms with Crippen LogP contribution in [0.2, 0.25) is 0 Å². The van der Waals surface area contributed by atoms with Gasteiger partial charge >= 0.3 is 0 Å². The number of carbonyl (C=O) groups is 2. The molecule has 2 atom stereocenters. The zero-order valence-corrected chi connectivity index (χ0v) is 23.8. The van der Waals surface area contributed by atoms with Crippen LogP contribution in [0.3, 0.4) is 0 Å². The van der Waals surface area contributed by atoms with E-state index in [9.17, 15) is 9.59 Å². The maximum absolute atomic E-state index is 14.4. The van der Waals surface area contributed by atoms with Crippen LogP contribution in [0.15, 0.2) is 115 Å². The predicted molar refractivity (Wildman–Crippen MR) is 163 cm³/mol. The van der Waals surface area contributed by atoms with Crippen molar-refractivity contribution in [2.75, 3.05) is 0 Å². The van der Waals surface area contributed by atoms with Gasteiger partial charge in [0.25, 0.3) is 0 Å². The topological polar surface area (TPSA) is 49.4 Å². The maximum Gasteiger partial charge on any atom is 0.243 e. The SMILES string of the molecule is CC[C@@H](C)NC(=O)[C@H](Cc1ccccc1)N(Cc1ccc(C)cc1)C(=O)CC(c1ccccc1)c1ccccc1. The molecule has 0 fully saturated rings. The molecule has 0 aliphatic rings. The van der Waals surface area contributed by atoms with Crippen LogP contribution in [0, 0.1) is 6.92 Å². The Kier molecular flexibility index (Phi) is 10.3. The van der Waals surface area contributed by atoms with Crippen molar-refractivity contribution in [2.45, 2.75) is 64.6 Å². The average molecular weight is 533 g/mol. The highest BCUT2D eigenvalue weighted by atomic mass is 16.2. The van der Waals surface area contributed by atoms with Crippen LogP contribution in [0.1, 0.15) is 60.4 Å². The van der Waals surface area contributed by atoms with Crippen molar-refractivity contribution in [1.29, 1.82) is 0 Å². The Morgan fingerprint density at radius 3 is 1.77 bits per heavy atom. The van der Waals surface area contributed by atoms with E-state index in [1.807, 2.05) is 85.8 Å². The third-order valence-corrected chi connectivity index (χ3v) is 7.53. The second-order valence-electron chi connectivity index (χ2n) is 10.6. The van der Waals surface area contributed by atoms with Crippen molar-refractivity contribution in [3.05, 3.63) is 143 Å². The summed E-state index contributed by atoms with van der Waals surface area (Å²) >= 11 is 0. The van der Waals surface area contributed by atoms with Gasteiger partial charge in [0.2, 0.25) is 11.8 Å². The number of hydrogen-bond donors (Lipinski definition) is 1. The van der Waals surface area contributed by atoms with E-state index in [0.29, 0.717) is 13.0 Å². The molecule has 0 spiro atoms. The molecule has 0 bridgehead atoms. The molecule has 0 unspecified atom stereocenters. The van der Waals surface area contributed by atoms with Crippen molar-refractivity contribution >= 4 is 11.8 Å². The summed E-state index contributed by atoms with van der Waals surface area (Å²) in [5.41, 5.74) is 5.35. The number of nitrogens with one attached hydrogen (secondary N) is 1. The van der Waals surface area contributed by atoms with Gasteiger partial charge in [-0.15, -0.1) is 0 Å². The van der Waals surface area contributed by atoms with Crippen molar-refractivity contribution in [3.8, 4) is 0 Å². The summed E-state index contributed by atoms with van der Waals surface area (Å²) in [7, 11) is 0. The van der Waals surface area contributed by atoms with E-state index in [0.717, 1.165) is 34.2 Å². The molecular weight excluding hydrogens is 492 g/mol. The van der Waals surface area contributed by atoms with Crippen molar-refractivity contribution in [2.24, 2.45) is 0 Å². The van der Waals surface area contributed by atoms with Gasteiger partial charge in [0.05, 0.1) is 0 Å². The summed E-state index contributed by atoms with van der Waals surface area (Å²) in [5, 5.41) is 3.16. The van der Waals surface area contributed by atoms with E-state index in [2.05, 4.69) is 55.6 Å². The molecule has 0 heterocycles. The highest BCUT2D eigenvalue weighted by Crippen LogP contribution is 2.30. The molecule has 4 nitrogen and oxygen atoms in total. The first-order valence-electron chi connectivity index (χ1n) is 14.2. The zero-order chi connectivity index (χ0) is 28.3. The van der Waals surface area contributed by atoms with Gasteiger partial charge in [-0.3, -0.25) is 9.59 Å². The fourth-order valence-electron chi connectivity index (χ4n) is 4.98. The lowest BCUT2D eigenvalue weighted by molar-refractivity contribution is -0.141. The number of nitrogens with zero attached hydrogens (tertiary/aromatic N) is 1. The molecule has 0 aliphatic carbocycles. The quantitative estimate of drug-likeness (QED) is 0.212. The monoisotopic (exact) mass is 532 g/mol. The Balaban J connectivity index is 1.73. The molecule has 0 aromatic heterocycles. The molecular formula is C36H40N2O2. The first-order chi connectivity index (χ1) is 19.4. The Hall–Kier alpha value is -4.18. The van der Waals surface area contributed by atoms with Gasteiger partial charge in [0.1, 0.15) is 6.04 Å². The second-order valence-corrected chi connectivity index (χ2v) is 10.6. The van der Waals surface area contributed by atoms with E-state index in [4.69, 9.17) is 0 Å². The smallest absolute Gasteiger partial charge is 0.243 e. The fraction of sp³-hybridized carbons (Fsp3) is 0.278. The summed E-state index contributed by atoms with van der Waals surface area (Å²) in [5.74, 6) is -0.279. The van der Waals surface area contributed by atoms with Crippen LogP contribution >= 0.6 is 0 Å². The van der Waals surface area contributed by atoms with E-state index in [1.54, 1.807) is 4.90 Å². The lowest BCUT2D eigenvalue weighted by atomic mass is 9.87. The molecule has 4 rings (SSSR count). The normalized spacial score (nSPS) is 12.5. The van der Waals surface area contributed by atoms with E-state index in [-0.39, 0.29) is 30.2 Å². The second kappa shape index (κ2) is 14.3. The molecule has 1 N–H and O–H groups in total. The number of benzene rings is 4. The fourth-order valence-corrected chi connectivity index (χ4v) is 4.98. The first kappa shape index (κ1) is 28.8. The van der Waals surface area contributed by atoms with Gasteiger partial charge < -0.3 is 10.2 Å². The van der Waals surface area contributed by atoms with Gasteiger partial charge in [0.15, 0.2) is 0 Å². The standard InChI is InChI=1S/C36H40N2O2/c1-4-28(3)37-36(40)34(24-29-14-8-5-9-15-29)38(26-30-22-20-27(2)21-23-30)35(39)25-33(31-16-10-6-11-17-31)32-18-12-7-13-19-32/h5-23,28,33-34H,4,24-26H2,1-3H3,(H,37,40)/t28-,34+/m1/s1. The number of hydrogen-bond acceptors (Lipinski definition) is 2. The van der Waals surface area contributed by atoms with Gasteiger partial charge in [-0.05, 0) is 42.5 Å². The minimum atomic E-state index is -0.641. The van der Waals surface area contributed by atoms with Gasteiger partial charge in [-0.2, -0.15) is 0 Å².